The van der Waals surface area contributed by atoms with Crippen LogP contribution in [0.4, 0.5) is 0 Å². The van der Waals surface area contributed by atoms with Crippen molar-refractivity contribution < 1.29 is 95.1 Å². The first kappa shape index (κ1) is 84.4. The van der Waals surface area contributed by atoms with Crippen molar-refractivity contribution in [3.8, 4) is 0 Å². The van der Waals surface area contributed by atoms with E-state index >= 15 is 0 Å². The third-order valence-corrected chi connectivity index (χ3v) is 28.3. The topological polar surface area (TPSA) is 239 Å². The summed E-state index contributed by atoms with van der Waals surface area (Å²) in [6.07, 6.45) is -4.22. The van der Waals surface area contributed by atoms with Gasteiger partial charge in [-0.15, -0.1) is 0 Å². The van der Waals surface area contributed by atoms with Crippen LogP contribution in [0.15, 0.2) is 152 Å². The van der Waals surface area contributed by atoms with Crippen LogP contribution in [0, 0.1) is 87.8 Å². The van der Waals surface area contributed by atoms with E-state index in [-0.39, 0.29) is 113 Å². The van der Waals surface area contributed by atoms with Crippen LogP contribution in [0.25, 0.3) is 0 Å². The van der Waals surface area contributed by atoms with Gasteiger partial charge in [-0.3, -0.25) is 9.59 Å². The molecule has 4 saturated carbocycles. The lowest BCUT2D eigenvalue weighted by atomic mass is 9.44. The second-order valence-corrected chi connectivity index (χ2v) is 35.0. The number of ether oxygens (including phenoxy) is 13. The van der Waals surface area contributed by atoms with E-state index in [0.717, 1.165) is 44.9 Å². The molecule has 20 nitrogen and oxygen atoms in total. The van der Waals surface area contributed by atoms with Gasteiger partial charge >= 0.3 is 29.8 Å². The van der Waals surface area contributed by atoms with Crippen LogP contribution in [0.1, 0.15) is 219 Å². The van der Waals surface area contributed by atoms with E-state index in [0.29, 0.717) is 53.9 Å². The summed E-state index contributed by atoms with van der Waals surface area (Å²) < 4.78 is 87.9. The highest BCUT2D eigenvalue weighted by molar-refractivity contribution is 5.93. The molecule has 0 bridgehead atoms. The summed E-state index contributed by atoms with van der Waals surface area (Å²) in [6.45, 7) is 27.1. The molecule has 0 N–H and O–H groups in total. The zero-order valence-corrected chi connectivity index (χ0v) is 68.7. The number of ketones is 2. The summed E-state index contributed by atoms with van der Waals surface area (Å²) in [7, 11) is 0. The normalized spacial score (nSPS) is 37.1. The first-order chi connectivity index (χ1) is 54.8. The molecule has 5 aromatic carbocycles. The maximum atomic E-state index is 14.8. The van der Waals surface area contributed by atoms with Crippen LogP contribution >= 0.6 is 0 Å². The van der Waals surface area contributed by atoms with E-state index in [1.807, 2.05) is 78.8 Å². The van der Waals surface area contributed by atoms with Gasteiger partial charge in [0.05, 0.1) is 64.9 Å². The minimum Gasteiger partial charge on any atom is -0.459 e. The van der Waals surface area contributed by atoms with Crippen LogP contribution in [-0.2, 0) is 71.2 Å². The fourth-order valence-corrected chi connectivity index (χ4v) is 20.9. The maximum absolute atomic E-state index is 14.8. The molecule has 8 aliphatic rings. The first-order valence-corrected chi connectivity index (χ1v) is 42.3. The molecule has 13 rings (SSSR count). The molecule has 8 fully saturated rings. The van der Waals surface area contributed by atoms with Crippen molar-refractivity contribution in [2.75, 3.05) is 13.2 Å². The quantitative estimate of drug-likeness (QED) is 0.0270. The number of hydrogen-bond donors (Lipinski definition) is 0. The molecule has 0 spiro atoms. The molecule has 5 aromatic rings. The third kappa shape index (κ3) is 18.1. The summed E-state index contributed by atoms with van der Waals surface area (Å²) in [4.78, 5) is 99.6. The molecule has 0 aromatic heterocycles. The van der Waals surface area contributed by atoms with Gasteiger partial charge < -0.3 is 61.6 Å². The Balaban J connectivity index is 0.710. The standard InChI is InChI=1S/C94H120O20/c1-14-74-55(5)54(4)56(6)89(106-74)113-78-60(10)81(114-92-83(112-88(101)66-39-29-20-30-40-66)79(57(7)61(11)104-92)109-85(98)63-33-23-17-24-34-63)91(108-76(78)52-102-84(97)62-31-21-16-22-32-62)105-68-45-47-93(12)67(49-68)42-43-69-70(93)46-48-94(13)71(69)50-73(96)77(94)58(8)72(95)44-41-53(3)51-103-90-82(111-87(100)65-37-27-19-28-38-65)80(59(9)75(15-2)107-90)110-86(99)64-35-25-18-26-36-64/h16-40,53-61,67-71,74-83,89-92H,14-15,41-52H2,1-13H3/t53-,54-,55-,56?,57-,58+,59+,60-,61?,67?,68?,69?,70?,71?,74?,75?,76?,77?,78+,79-,80-,81?,82?,83?,89-,90+,91+,92-,93?,94?/m0/s1. The number of benzene rings is 5. The van der Waals surface area contributed by atoms with Gasteiger partial charge in [0.1, 0.15) is 42.6 Å². The van der Waals surface area contributed by atoms with E-state index in [1.165, 1.54) is 0 Å². The van der Waals surface area contributed by atoms with E-state index in [4.69, 9.17) is 61.6 Å². The van der Waals surface area contributed by atoms with Crippen LogP contribution in [0.5, 0.6) is 0 Å². The van der Waals surface area contributed by atoms with Gasteiger partial charge in [0, 0.05) is 48.3 Å². The van der Waals surface area contributed by atoms with Crippen molar-refractivity contribution in [2.45, 2.75) is 259 Å². The maximum Gasteiger partial charge on any atom is 0.338 e. The highest BCUT2D eigenvalue weighted by Crippen LogP contribution is 2.68. The number of fused-ring (bicyclic) bond motifs is 5. The Morgan fingerprint density at radius 3 is 1.46 bits per heavy atom. The molecule has 20 heteroatoms. The minimum absolute atomic E-state index is 0.0497. The van der Waals surface area contributed by atoms with Crippen molar-refractivity contribution in [3.05, 3.63) is 179 Å². The second-order valence-electron chi connectivity index (χ2n) is 35.0. The SMILES string of the molecule is CCC1O[C@@H](O[C@H]2C(COC(=O)c3ccccc3)O[C@@H](OC3CCC4(C)C(CCC5C4CCC4(C)C5CC(=O)C4[C@H](C)C(=O)CC[C@H](C)CO[C@@H]4OC(CC)[C@@H](C)[C@H](OC(=O)c5ccccc5)C4OC(=O)c4ccccc4)C3)C(O[C@@H]3OC(C)[C@H](C)[C@H](OC(=O)c4ccccc4)C3OC(=O)c3ccccc3)[C@H]2C)C(C)[C@@H](C)[C@@H]1C. The van der Waals surface area contributed by atoms with Gasteiger partial charge in [0.2, 0.25) is 0 Å². The molecule has 0 amide bonds. The third-order valence-electron chi connectivity index (χ3n) is 28.3. The number of hydrogen-bond acceptors (Lipinski definition) is 20. The predicted molar refractivity (Wildman–Crippen MR) is 424 cm³/mol. The van der Waals surface area contributed by atoms with E-state index in [2.05, 4.69) is 41.5 Å². The lowest BCUT2D eigenvalue weighted by molar-refractivity contribution is -0.376. The Morgan fingerprint density at radius 1 is 0.447 bits per heavy atom. The molecule has 16 unspecified atom stereocenters. The van der Waals surface area contributed by atoms with Crippen LogP contribution in [0.2, 0.25) is 0 Å². The smallest absolute Gasteiger partial charge is 0.338 e. The Hall–Kier alpha value is -7.53. The molecule has 0 radical (unpaired) electrons. The summed E-state index contributed by atoms with van der Waals surface area (Å²) in [6, 6.07) is 43.5. The lowest BCUT2D eigenvalue weighted by Gasteiger charge is -2.61. The van der Waals surface area contributed by atoms with Crippen molar-refractivity contribution >= 4 is 41.4 Å². The summed E-state index contributed by atoms with van der Waals surface area (Å²) in [5.74, 6) is -3.76. The molecule has 30 atom stereocenters. The van der Waals surface area contributed by atoms with Crippen LogP contribution in [-0.4, -0.2) is 147 Å². The Morgan fingerprint density at radius 2 is 0.912 bits per heavy atom. The molecule has 4 saturated heterocycles. The van der Waals surface area contributed by atoms with Crippen LogP contribution in [0.3, 0.4) is 0 Å². The first-order valence-electron chi connectivity index (χ1n) is 42.3. The Bertz CT molecular complexity index is 4050. The summed E-state index contributed by atoms with van der Waals surface area (Å²) in [5.41, 5.74) is 1.23. The molecule has 114 heavy (non-hydrogen) atoms. The van der Waals surface area contributed by atoms with Crippen molar-refractivity contribution in [1.29, 1.82) is 0 Å². The molecule has 4 aliphatic carbocycles. The molecule has 4 heterocycles. The average Bonchev–Trinajstić information content (AvgIpc) is 1.22. The fourth-order valence-electron chi connectivity index (χ4n) is 20.9. The van der Waals surface area contributed by atoms with E-state index < -0.39 is 128 Å². The van der Waals surface area contributed by atoms with Gasteiger partial charge in [-0.1, -0.05) is 174 Å². The van der Waals surface area contributed by atoms with Gasteiger partial charge in [0.15, 0.2) is 37.4 Å². The van der Waals surface area contributed by atoms with Crippen molar-refractivity contribution in [3.63, 3.8) is 0 Å². The van der Waals surface area contributed by atoms with Gasteiger partial charge in [-0.05, 0) is 184 Å². The summed E-state index contributed by atoms with van der Waals surface area (Å²) in [5, 5.41) is 0. The van der Waals surface area contributed by atoms with Gasteiger partial charge in [0.25, 0.3) is 0 Å². The highest BCUT2D eigenvalue weighted by Gasteiger charge is 2.65. The average molecular weight is 1570 g/mol. The largest absolute Gasteiger partial charge is 0.459 e. The molecular weight excluding hydrogens is 1450 g/mol. The second kappa shape index (κ2) is 37.0. The highest BCUT2D eigenvalue weighted by atomic mass is 16.8. The Kier molecular flexibility index (Phi) is 27.4. The van der Waals surface area contributed by atoms with Crippen LogP contribution < -0.4 is 0 Å². The number of rotatable bonds is 27. The molecular formula is C94H120O20. The summed E-state index contributed by atoms with van der Waals surface area (Å²) >= 11 is 0. The van der Waals surface area contributed by atoms with E-state index in [1.54, 1.807) is 121 Å². The zero-order chi connectivity index (χ0) is 80.9. The zero-order valence-electron chi connectivity index (χ0n) is 68.7. The Labute approximate surface area is 673 Å². The monoisotopic (exact) mass is 1570 g/mol. The number of carbonyl (C=O) groups is 7. The van der Waals surface area contributed by atoms with Crippen molar-refractivity contribution in [1.82, 2.24) is 0 Å². The van der Waals surface area contributed by atoms with Gasteiger partial charge in [-0.25, -0.2) is 24.0 Å². The predicted octanol–water partition coefficient (Wildman–Crippen LogP) is 16.9. The van der Waals surface area contributed by atoms with Gasteiger partial charge in [-0.2, -0.15) is 0 Å². The lowest BCUT2D eigenvalue weighted by Crippen LogP contribution is -2.63. The number of Topliss-reactive ketones (excluding diaryl/α,β-unsaturated/α-hetero) is 2. The molecule has 616 valence electrons. The number of esters is 5. The fraction of sp³-hybridized carbons (Fsp3) is 0.606. The molecule has 4 aliphatic heterocycles. The van der Waals surface area contributed by atoms with E-state index in [9.17, 15) is 33.6 Å². The van der Waals surface area contributed by atoms with Crippen molar-refractivity contribution in [2.24, 2.45) is 87.8 Å². The number of carbonyl (C=O) groups excluding carboxylic acids is 7. The minimum atomic E-state index is -1.34.